The standard InChI is InChI=1S/C15H28N2O4S/c1-3-17(14-6-9-22(20,21)11-14)15(19)12(2)16-7-4-13(10-18)5-8-16/h12-14,18H,3-11H2,1-2H3/t12-,14+/m0/s1. The van der Waals surface area contributed by atoms with Gasteiger partial charge >= 0.3 is 0 Å². The number of carbonyl (C=O) groups excluding carboxylic acids is 1. The van der Waals surface area contributed by atoms with E-state index in [1.54, 1.807) is 4.90 Å². The molecular formula is C15H28N2O4S. The smallest absolute Gasteiger partial charge is 0.239 e. The highest BCUT2D eigenvalue weighted by molar-refractivity contribution is 7.91. The van der Waals surface area contributed by atoms with E-state index < -0.39 is 9.84 Å². The molecule has 1 N–H and O–H groups in total. The fourth-order valence-corrected chi connectivity index (χ4v) is 5.26. The van der Waals surface area contributed by atoms with E-state index >= 15 is 0 Å². The van der Waals surface area contributed by atoms with Crippen LogP contribution in [0.2, 0.25) is 0 Å². The third-order valence-electron chi connectivity index (χ3n) is 5.09. The summed E-state index contributed by atoms with van der Waals surface area (Å²) in [7, 11) is -2.98. The molecule has 2 atom stereocenters. The summed E-state index contributed by atoms with van der Waals surface area (Å²) in [5, 5.41) is 9.19. The zero-order chi connectivity index (χ0) is 16.3. The normalized spacial score (nSPS) is 27.7. The second-order valence-electron chi connectivity index (χ2n) is 6.52. The van der Waals surface area contributed by atoms with Crippen molar-refractivity contribution < 1.29 is 18.3 Å². The van der Waals surface area contributed by atoms with Crippen molar-refractivity contribution in [3.8, 4) is 0 Å². The Balaban J connectivity index is 1.96. The summed E-state index contributed by atoms with van der Waals surface area (Å²) in [6, 6.07) is -0.386. The quantitative estimate of drug-likeness (QED) is 0.773. The minimum Gasteiger partial charge on any atom is -0.396 e. The lowest BCUT2D eigenvalue weighted by atomic mass is 9.96. The Morgan fingerprint density at radius 3 is 2.41 bits per heavy atom. The van der Waals surface area contributed by atoms with Crippen molar-refractivity contribution in [1.29, 1.82) is 0 Å². The second-order valence-corrected chi connectivity index (χ2v) is 8.75. The van der Waals surface area contributed by atoms with Gasteiger partial charge in [-0.1, -0.05) is 0 Å². The lowest BCUT2D eigenvalue weighted by molar-refractivity contribution is -0.138. The molecule has 2 rings (SSSR count). The van der Waals surface area contributed by atoms with E-state index in [0.29, 0.717) is 18.9 Å². The summed E-state index contributed by atoms with van der Waals surface area (Å²) < 4.78 is 23.3. The van der Waals surface area contributed by atoms with E-state index in [4.69, 9.17) is 0 Å². The SMILES string of the molecule is CCN(C(=O)[C@H](C)N1CCC(CO)CC1)[C@@H]1CCS(=O)(=O)C1. The number of likely N-dealkylation sites (tertiary alicyclic amines) is 1. The molecule has 0 aromatic rings. The maximum Gasteiger partial charge on any atom is 0.239 e. The van der Waals surface area contributed by atoms with Gasteiger partial charge in [-0.25, -0.2) is 8.42 Å². The molecule has 0 unspecified atom stereocenters. The van der Waals surface area contributed by atoms with Crippen LogP contribution in [0.25, 0.3) is 0 Å². The summed E-state index contributed by atoms with van der Waals surface area (Å²) in [6.45, 7) is 6.23. The third kappa shape index (κ3) is 4.00. The Morgan fingerprint density at radius 1 is 1.32 bits per heavy atom. The van der Waals surface area contributed by atoms with Gasteiger partial charge in [0.05, 0.1) is 17.5 Å². The Kier molecular flexibility index (Phi) is 5.85. The first-order chi connectivity index (χ1) is 10.4. The number of aliphatic hydroxyl groups excluding tert-OH is 1. The van der Waals surface area contributed by atoms with Crippen LogP contribution in [0, 0.1) is 5.92 Å². The maximum atomic E-state index is 12.8. The molecule has 6 nitrogen and oxygen atoms in total. The van der Waals surface area contributed by atoms with Crippen molar-refractivity contribution in [2.24, 2.45) is 5.92 Å². The summed E-state index contributed by atoms with van der Waals surface area (Å²) in [6.07, 6.45) is 2.39. The van der Waals surface area contributed by atoms with E-state index in [9.17, 15) is 18.3 Å². The van der Waals surface area contributed by atoms with Crippen LogP contribution in [0.4, 0.5) is 0 Å². The number of nitrogens with zero attached hydrogens (tertiary/aromatic N) is 2. The predicted octanol–water partition coefficient (Wildman–Crippen LogP) is 0.115. The number of likely N-dealkylation sites (N-methyl/N-ethyl adjacent to an activating group) is 1. The first-order valence-electron chi connectivity index (χ1n) is 8.23. The van der Waals surface area contributed by atoms with Crippen molar-refractivity contribution in [2.75, 3.05) is 37.7 Å². The van der Waals surface area contributed by atoms with Gasteiger partial charge in [0.15, 0.2) is 9.84 Å². The molecule has 2 saturated heterocycles. The van der Waals surface area contributed by atoms with Gasteiger partial charge in [0.2, 0.25) is 5.91 Å². The zero-order valence-corrected chi connectivity index (χ0v) is 14.4. The van der Waals surface area contributed by atoms with E-state index in [2.05, 4.69) is 4.90 Å². The molecule has 2 fully saturated rings. The molecule has 0 aliphatic carbocycles. The van der Waals surface area contributed by atoms with Crippen LogP contribution in [0.5, 0.6) is 0 Å². The van der Waals surface area contributed by atoms with E-state index in [1.165, 1.54) is 0 Å². The van der Waals surface area contributed by atoms with Crippen molar-refractivity contribution >= 4 is 15.7 Å². The van der Waals surface area contributed by atoms with Gasteiger partial charge < -0.3 is 10.0 Å². The van der Waals surface area contributed by atoms with Crippen LogP contribution < -0.4 is 0 Å². The average molecular weight is 332 g/mol. The van der Waals surface area contributed by atoms with Crippen LogP contribution in [-0.4, -0.2) is 79.1 Å². The number of hydrogen-bond acceptors (Lipinski definition) is 5. The van der Waals surface area contributed by atoms with Gasteiger partial charge in [-0.3, -0.25) is 9.69 Å². The number of amides is 1. The van der Waals surface area contributed by atoms with Crippen molar-refractivity contribution in [3.63, 3.8) is 0 Å². The Hall–Kier alpha value is -0.660. The van der Waals surface area contributed by atoms with Crippen LogP contribution >= 0.6 is 0 Å². The molecule has 128 valence electrons. The van der Waals surface area contributed by atoms with E-state index in [1.807, 2.05) is 13.8 Å². The lowest BCUT2D eigenvalue weighted by Crippen LogP contribution is -2.52. The molecule has 0 aromatic heterocycles. The first-order valence-corrected chi connectivity index (χ1v) is 10.1. The molecule has 0 saturated carbocycles. The van der Waals surface area contributed by atoms with Crippen LogP contribution in [0.15, 0.2) is 0 Å². The molecule has 0 aromatic carbocycles. The molecule has 1 amide bonds. The van der Waals surface area contributed by atoms with Gasteiger partial charge in [0.1, 0.15) is 0 Å². The van der Waals surface area contributed by atoms with Gasteiger partial charge in [-0.15, -0.1) is 0 Å². The van der Waals surface area contributed by atoms with Crippen molar-refractivity contribution in [3.05, 3.63) is 0 Å². The summed E-state index contributed by atoms with van der Waals surface area (Å²) in [5.74, 6) is 0.678. The molecule has 7 heteroatoms. The Bertz CT molecular complexity index is 486. The summed E-state index contributed by atoms with van der Waals surface area (Å²) in [5.41, 5.74) is 0. The van der Waals surface area contributed by atoms with Gasteiger partial charge in [-0.05, 0) is 52.1 Å². The molecule has 2 aliphatic heterocycles. The molecule has 0 bridgehead atoms. The summed E-state index contributed by atoms with van der Waals surface area (Å²) in [4.78, 5) is 16.7. The number of carbonyl (C=O) groups is 1. The highest BCUT2D eigenvalue weighted by atomic mass is 32.2. The molecule has 0 spiro atoms. The van der Waals surface area contributed by atoms with Gasteiger partial charge in [-0.2, -0.15) is 0 Å². The monoisotopic (exact) mass is 332 g/mol. The minimum absolute atomic E-state index is 0.0343. The Labute approximate surface area is 133 Å². The first kappa shape index (κ1) is 17.7. The highest BCUT2D eigenvalue weighted by Crippen LogP contribution is 2.22. The predicted molar refractivity (Wildman–Crippen MR) is 85.3 cm³/mol. The Morgan fingerprint density at radius 2 is 1.95 bits per heavy atom. The number of hydrogen-bond donors (Lipinski definition) is 1. The average Bonchev–Trinajstić information content (AvgIpc) is 2.87. The molecule has 0 radical (unpaired) electrons. The lowest BCUT2D eigenvalue weighted by Gasteiger charge is -2.38. The zero-order valence-electron chi connectivity index (χ0n) is 13.6. The topological polar surface area (TPSA) is 77.9 Å². The largest absolute Gasteiger partial charge is 0.396 e. The molecule has 22 heavy (non-hydrogen) atoms. The number of aliphatic hydroxyl groups is 1. The third-order valence-corrected chi connectivity index (χ3v) is 6.84. The summed E-state index contributed by atoms with van der Waals surface area (Å²) >= 11 is 0. The van der Waals surface area contributed by atoms with Crippen molar-refractivity contribution in [1.82, 2.24) is 9.80 Å². The fraction of sp³-hybridized carbons (Fsp3) is 0.933. The second kappa shape index (κ2) is 7.27. The van der Waals surface area contributed by atoms with Crippen LogP contribution in [0.3, 0.4) is 0 Å². The van der Waals surface area contributed by atoms with Crippen molar-refractivity contribution in [2.45, 2.75) is 45.2 Å². The molecular weight excluding hydrogens is 304 g/mol. The minimum atomic E-state index is -2.98. The van der Waals surface area contributed by atoms with Gasteiger partial charge in [0, 0.05) is 19.2 Å². The number of sulfone groups is 1. The van der Waals surface area contributed by atoms with Crippen LogP contribution in [-0.2, 0) is 14.6 Å². The van der Waals surface area contributed by atoms with E-state index in [0.717, 1.165) is 25.9 Å². The fourth-order valence-electron chi connectivity index (χ4n) is 3.53. The van der Waals surface area contributed by atoms with Crippen LogP contribution in [0.1, 0.15) is 33.1 Å². The molecule has 2 aliphatic rings. The van der Waals surface area contributed by atoms with Gasteiger partial charge in [0.25, 0.3) is 0 Å². The number of piperidine rings is 1. The molecule has 2 heterocycles. The maximum absolute atomic E-state index is 12.8. The van der Waals surface area contributed by atoms with E-state index in [-0.39, 0.29) is 36.1 Å². The number of rotatable bonds is 5. The highest BCUT2D eigenvalue weighted by Gasteiger charge is 2.37.